The van der Waals surface area contributed by atoms with Crippen molar-refractivity contribution in [2.24, 2.45) is 4.99 Å². The molecule has 0 fully saturated rings. The molecular formula is C33H31BrN2O5S. The van der Waals surface area contributed by atoms with Crippen LogP contribution in [0.5, 0.6) is 11.5 Å². The lowest BCUT2D eigenvalue weighted by molar-refractivity contribution is -0.139. The van der Waals surface area contributed by atoms with E-state index < -0.39 is 12.0 Å². The molecule has 9 heteroatoms. The van der Waals surface area contributed by atoms with Crippen molar-refractivity contribution in [3.05, 3.63) is 125 Å². The van der Waals surface area contributed by atoms with Gasteiger partial charge >= 0.3 is 5.97 Å². The summed E-state index contributed by atoms with van der Waals surface area (Å²) >= 11 is 4.73. The third-order valence-corrected chi connectivity index (χ3v) is 8.08. The van der Waals surface area contributed by atoms with Gasteiger partial charge in [0.25, 0.3) is 5.56 Å². The number of nitrogens with zero attached hydrogens (tertiary/aromatic N) is 2. The van der Waals surface area contributed by atoms with Gasteiger partial charge in [-0.05, 0) is 75.2 Å². The zero-order valence-corrected chi connectivity index (χ0v) is 26.2. The van der Waals surface area contributed by atoms with Gasteiger partial charge in [0.15, 0.2) is 4.80 Å². The van der Waals surface area contributed by atoms with Crippen molar-refractivity contribution in [1.82, 2.24) is 4.57 Å². The molecule has 0 bridgehead atoms. The standard InChI is InChI=1S/C33H31BrN2O5S/c1-5-39-32(38)29-21(4)35-33-36(30(29)26-11-6-7-12-27(26)41-20(2)3)31(37)28(42-33)18-23-9-8-10-25(17-23)40-19-22-13-15-24(34)16-14-22/h6-18,20,30H,5,19H2,1-4H3/b28-18-/t30-/m1/s1. The van der Waals surface area contributed by atoms with E-state index in [2.05, 4.69) is 20.9 Å². The highest BCUT2D eigenvalue weighted by Crippen LogP contribution is 2.36. The van der Waals surface area contributed by atoms with Crippen molar-refractivity contribution >= 4 is 39.3 Å². The van der Waals surface area contributed by atoms with Gasteiger partial charge < -0.3 is 14.2 Å². The second-order valence-electron chi connectivity index (χ2n) is 9.99. The Morgan fingerprint density at radius 3 is 2.60 bits per heavy atom. The van der Waals surface area contributed by atoms with Gasteiger partial charge in [0.2, 0.25) is 0 Å². The summed E-state index contributed by atoms with van der Waals surface area (Å²) in [6, 6.07) is 22.3. The molecule has 1 aliphatic heterocycles. The van der Waals surface area contributed by atoms with Gasteiger partial charge in [-0.1, -0.05) is 69.7 Å². The molecule has 2 heterocycles. The Morgan fingerprint density at radius 2 is 1.86 bits per heavy atom. The molecule has 0 amide bonds. The van der Waals surface area contributed by atoms with Crippen molar-refractivity contribution in [1.29, 1.82) is 0 Å². The first-order chi connectivity index (χ1) is 20.2. The number of allylic oxidation sites excluding steroid dienone is 1. The fraction of sp³-hybridized carbons (Fsp3) is 0.242. The van der Waals surface area contributed by atoms with E-state index in [-0.39, 0.29) is 18.3 Å². The maximum atomic E-state index is 14.0. The van der Waals surface area contributed by atoms with Crippen LogP contribution in [0.25, 0.3) is 6.08 Å². The molecule has 1 aromatic heterocycles. The van der Waals surface area contributed by atoms with Gasteiger partial charge in [0.1, 0.15) is 24.1 Å². The summed E-state index contributed by atoms with van der Waals surface area (Å²) in [6.07, 6.45) is 1.73. The van der Waals surface area contributed by atoms with Gasteiger partial charge in [-0.25, -0.2) is 9.79 Å². The molecule has 0 saturated heterocycles. The number of benzene rings is 3. The van der Waals surface area contributed by atoms with E-state index in [1.165, 1.54) is 11.3 Å². The Bertz CT molecular complexity index is 1820. The highest BCUT2D eigenvalue weighted by atomic mass is 79.9. The monoisotopic (exact) mass is 646 g/mol. The van der Waals surface area contributed by atoms with Crippen LogP contribution < -0.4 is 24.4 Å². The van der Waals surface area contributed by atoms with Crippen molar-refractivity contribution in [2.75, 3.05) is 6.61 Å². The Hall–Kier alpha value is -3.95. The van der Waals surface area contributed by atoms with E-state index in [4.69, 9.17) is 14.2 Å². The van der Waals surface area contributed by atoms with Crippen molar-refractivity contribution in [3.63, 3.8) is 0 Å². The smallest absolute Gasteiger partial charge is 0.338 e. The lowest BCUT2D eigenvalue weighted by atomic mass is 9.95. The van der Waals surface area contributed by atoms with E-state index in [0.717, 1.165) is 15.6 Å². The number of halogens is 1. The van der Waals surface area contributed by atoms with Gasteiger partial charge in [0, 0.05) is 10.0 Å². The minimum absolute atomic E-state index is 0.101. The molecule has 0 spiro atoms. The highest BCUT2D eigenvalue weighted by Gasteiger charge is 2.35. The number of hydrogen-bond acceptors (Lipinski definition) is 7. The largest absolute Gasteiger partial charge is 0.491 e. The quantitative estimate of drug-likeness (QED) is 0.211. The molecule has 1 aliphatic rings. The Balaban J connectivity index is 1.57. The number of aromatic nitrogens is 1. The molecule has 216 valence electrons. The molecule has 0 saturated carbocycles. The lowest BCUT2D eigenvalue weighted by Gasteiger charge is -2.26. The maximum Gasteiger partial charge on any atom is 0.338 e. The molecule has 5 rings (SSSR count). The molecule has 0 radical (unpaired) electrons. The zero-order valence-electron chi connectivity index (χ0n) is 23.8. The van der Waals surface area contributed by atoms with Gasteiger partial charge in [0.05, 0.1) is 28.5 Å². The van der Waals surface area contributed by atoms with Crippen molar-refractivity contribution in [2.45, 2.75) is 46.4 Å². The molecule has 4 aromatic rings. The third-order valence-electron chi connectivity index (χ3n) is 6.57. The summed E-state index contributed by atoms with van der Waals surface area (Å²) in [5.41, 5.74) is 3.13. The lowest BCUT2D eigenvalue weighted by Crippen LogP contribution is -2.40. The third kappa shape index (κ3) is 6.42. The number of hydrogen-bond donors (Lipinski definition) is 0. The highest BCUT2D eigenvalue weighted by molar-refractivity contribution is 9.10. The zero-order chi connectivity index (χ0) is 29.8. The summed E-state index contributed by atoms with van der Waals surface area (Å²) in [6.45, 7) is 8.03. The number of esters is 1. The summed E-state index contributed by atoms with van der Waals surface area (Å²) in [7, 11) is 0. The first-order valence-electron chi connectivity index (χ1n) is 13.7. The van der Waals surface area contributed by atoms with Crippen molar-refractivity contribution < 1.29 is 19.0 Å². The van der Waals surface area contributed by atoms with Crippen LogP contribution in [0.15, 0.2) is 98.3 Å². The summed E-state index contributed by atoms with van der Waals surface area (Å²) in [4.78, 5) is 32.5. The average Bonchev–Trinajstić information content (AvgIpc) is 3.26. The van der Waals surface area contributed by atoms with Crippen LogP contribution in [-0.2, 0) is 16.1 Å². The Morgan fingerprint density at radius 1 is 1.10 bits per heavy atom. The summed E-state index contributed by atoms with van der Waals surface area (Å²) in [5.74, 6) is 0.782. The van der Waals surface area contributed by atoms with E-state index in [9.17, 15) is 9.59 Å². The van der Waals surface area contributed by atoms with Gasteiger partial charge in [-0.3, -0.25) is 9.36 Å². The van der Waals surface area contributed by atoms with Gasteiger partial charge in [-0.15, -0.1) is 0 Å². The van der Waals surface area contributed by atoms with E-state index in [0.29, 0.717) is 44.3 Å². The number of carbonyl (C=O) groups is 1. The first-order valence-corrected chi connectivity index (χ1v) is 15.3. The minimum atomic E-state index is -0.752. The van der Waals surface area contributed by atoms with Crippen molar-refractivity contribution in [3.8, 4) is 11.5 Å². The van der Waals surface area contributed by atoms with Crippen LogP contribution in [0.3, 0.4) is 0 Å². The molecule has 0 N–H and O–H groups in total. The van der Waals surface area contributed by atoms with E-state index in [1.807, 2.05) is 92.7 Å². The molecule has 0 unspecified atom stereocenters. The second-order valence-corrected chi connectivity index (χ2v) is 11.9. The Labute approximate surface area is 256 Å². The average molecular weight is 648 g/mol. The van der Waals surface area contributed by atoms with Crippen LogP contribution in [0.2, 0.25) is 0 Å². The fourth-order valence-corrected chi connectivity index (χ4v) is 6.06. The first kappa shape index (κ1) is 29.5. The molecule has 0 aliphatic carbocycles. The normalized spacial score (nSPS) is 14.9. The number of para-hydroxylation sites is 1. The van der Waals surface area contributed by atoms with Crippen LogP contribution in [0.1, 0.15) is 50.4 Å². The van der Waals surface area contributed by atoms with E-state index >= 15 is 0 Å². The number of carbonyl (C=O) groups excluding carboxylic acids is 1. The topological polar surface area (TPSA) is 79.1 Å². The fourth-order valence-electron chi connectivity index (χ4n) is 4.75. The predicted molar refractivity (Wildman–Crippen MR) is 168 cm³/mol. The summed E-state index contributed by atoms with van der Waals surface area (Å²) < 4.78 is 20.6. The van der Waals surface area contributed by atoms with E-state index in [1.54, 1.807) is 18.4 Å². The van der Waals surface area contributed by atoms with Crippen LogP contribution in [0, 0.1) is 0 Å². The molecule has 3 aromatic carbocycles. The van der Waals surface area contributed by atoms with Crippen LogP contribution in [0.4, 0.5) is 0 Å². The van der Waals surface area contributed by atoms with Crippen LogP contribution >= 0.6 is 27.3 Å². The predicted octanol–water partition coefficient (Wildman–Crippen LogP) is 5.93. The maximum absolute atomic E-state index is 14.0. The number of thiazole rings is 1. The van der Waals surface area contributed by atoms with Gasteiger partial charge in [-0.2, -0.15) is 0 Å². The Kier molecular flexibility index (Phi) is 9.09. The molecule has 1 atom stereocenters. The SMILES string of the molecule is CCOC(=O)C1=C(C)N=c2s/c(=C\c3cccc(OCc4ccc(Br)cc4)c3)c(=O)n2[C@@H]1c1ccccc1OC(C)C. The number of ether oxygens (including phenoxy) is 3. The summed E-state index contributed by atoms with van der Waals surface area (Å²) in [5, 5.41) is 0. The van der Waals surface area contributed by atoms with Crippen LogP contribution in [-0.4, -0.2) is 23.2 Å². The molecule has 42 heavy (non-hydrogen) atoms. The molecule has 7 nitrogen and oxygen atoms in total. The second kappa shape index (κ2) is 12.9. The molecular weight excluding hydrogens is 616 g/mol. The number of fused-ring (bicyclic) bond motifs is 1. The minimum Gasteiger partial charge on any atom is -0.491 e. The number of rotatable bonds is 9.